The lowest BCUT2D eigenvalue weighted by atomic mass is 10.0. The molecule has 9 heteroatoms. The third kappa shape index (κ3) is 10.4. The van der Waals surface area contributed by atoms with Crippen molar-refractivity contribution in [2.24, 2.45) is 5.73 Å². The van der Waals surface area contributed by atoms with Crippen molar-refractivity contribution in [3.63, 3.8) is 0 Å². The molecule has 0 aromatic heterocycles. The van der Waals surface area contributed by atoms with Gasteiger partial charge in [-0.2, -0.15) is 0 Å². The van der Waals surface area contributed by atoms with E-state index in [2.05, 4.69) is 16.0 Å². The van der Waals surface area contributed by atoms with Crippen LogP contribution in [0.15, 0.2) is 121 Å². The van der Waals surface area contributed by atoms with Crippen LogP contribution in [0.25, 0.3) is 0 Å². The summed E-state index contributed by atoms with van der Waals surface area (Å²) >= 11 is 0. The summed E-state index contributed by atoms with van der Waals surface area (Å²) in [5, 5.41) is 18.1. The van der Waals surface area contributed by atoms with Gasteiger partial charge in [-0.3, -0.25) is 14.4 Å². The number of hydrogen-bond donors (Lipinski definition) is 5. The number of aliphatic carboxylic acids is 1. The number of rotatable bonds is 15. The fourth-order valence-electron chi connectivity index (χ4n) is 4.95. The summed E-state index contributed by atoms with van der Waals surface area (Å²) in [4.78, 5) is 52.7. The van der Waals surface area contributed by atoms with Crippen molar-refractivity contribution < 1.29 is 24.3 Å². The number of carbonyl (C=O) groups is 4. The first kappa shape index (κ1) is 32.6. The topological polar surface area (TPSA) is 151 Å². The second-order valence-electron chi connectivity index (χ2n) is 10.9. The number of nitrogens with two attached hydrogens (primary N) is 1. The number of carboxylic acid groups (broad SMARTS) is 1. The van der Waals surface area contributed by atoms with E-state index in [1.165, 1.54) is 0 Å². The highest BCUT2D eigenvalue weighted by Crippen LogP contribution is 2.10. The molecular weight excluding hydrogens is 568 g/mol. The van der Waals surface area contributed by atoms with Gasteiger partial charge in [-0.1, -0.05) is 121 Å². The van der Waals surface area contributed by atoms with Crippen molar-refractivity contribution >= 4 is 23.7 Å². The highest BCUT2D eigenvalue weighted by molar-refractivity contribution is 5.94. The van der Waals surface area contributed by atoms with Gasteiger partial charge in [0.25, 0.3) is 0 Å². The number of carbonyl (C=O) groups excluding carboxylic acids is 3. The molecule has 3 amide bonds. The van der Waals surface area contributed by atoms with Crippen LogP contribution in [-0.2, 0) is 44.9 Å². The number of nitrogens with one attached hydrogen (secondary N) is 3. The molecule has 0 saturated heterocycles. The average molecular weight is 607 g/mol. The molecule has 0 saturated carbocycles. The molecule has 0 fully saturated rings. The molecule has 232 valence electrons. The number of benzene rings is 4. The Morgan fingerprint density at radius 3 is 1.11 bits per heavy atom. The predicted octanol–water partition coefficient (Wildman–Crippen LogP) is 2.82. The minimum atomic E-state index is -1.22. The molecule has 4 aromatic carbocycles. The summed E-state index contributed by atoms with van der Waals surface area (Å²) in [6, 6.07) is 32.3. The maximum atomic E-state index is 13.8. The van der Waals surface area contributed by atoms with Crippen LogP contribution in [0, 0.1) is 0 Å². The van der Waals surface area contributed by atoms with Crippen molar-refractivity contribution in [2.75, 3.05) is 0 Å². The van der Waals surface area contributed by atoms with Crippen LogP contribution in [0.3, 0.4) is 0 Å². The largest absolute Gasteiger partial charge is 0.480 e. The monoisotopic (exact) mass is 606 g/mol. The summed E-state index contributed by atoms with van der Waals surface area (Å²) in [7, 11) is 0. The zero-order valence-corrected chi connectivity index (χ0v) is 24.8. The molecule has 0 spiro atoms. The van der Waals surface area contributed by atoms with Gasteiger partial charge in [0, 0.05) is 19.3 Å². The van der Waals surface area contributed by atoms with Crippen LogP contribution in [0.5, 0.6) is 0 Å². The van der Waals surface area contributed by atoms with E-state index in [9.17, 15) is 24.3 Å². The average Bonchev–Trinajstić information content (AvgIpc) is 3.05. The van der Waals surface area contributed by atoms with Gasteiger partial charge in [0.15, 0.2) is 0 Å². The van der Waals surface area contributed by atoms with Crippen LogP contribution >= 0.6 is 0 Å². The Labute approximate surface area is 262 Å². The second kappa shape index (κ2) is 16.5. The fourth-order valence-corrected chi connectivity index (χ4v) is 4.95. The van der Waals surface area contributed by atoms with Crippen molar-refractivity contribution in [1.82, 2.24) is 16.0 Å². The number of carboxylic acids is 1. The molecule has 4 rings (SSSR count). The van der Waals surface area contributed by atoms with E-state index in [0.717, 1.165) is 22.3 Å². The first-order valence-electron chi connectivity index (χ1n) is 14.8. The van der Waals surface area contributed by atoms with E-state index in [-0.39, 0.29) is 25.7 Å². The third-order valence-electron chi connectivity index (χ3n) is 7.36. The van der Waals surface area contributed by atoms with Crippen molar-refractivity contribution in [3.8, 4) is 0 Å². The Hall–Kier alpha value is -5.28. The van der Waals surface area contributed by atoms with Crippen LogP contribution in [0.2, 0.25) is 0 Å². The summed E-state index contributed by atoms with van der Waals surface area (Å²) in [5.41, 5.74) is 9.41. The zero-order chi connectivity index (χ0) is 32.0. The predicted molar refractivity (Wildman–Crippen MR) is 172 cm³/mol. The Bertz CT molecular complexity index is 1540. The minimum absolute atomic E-state index is 0.0694. The van der Waals surface area contributed by atoms with Crippen molar-refractivity contribution in [3.05, 3.63) is 144 Å². The van der Waals surface area contributed by atoms with Crippen LogP contribution in [0.1, 0.15) is 22.3 Å². The smallest absolute Gasteiger partial charge is 0.326 e. The lowest BCUT2D eigenvalue weighted by molar-refractivity contribution is -0.142. The first-order chi connectivity index (χ1) is 21.8. The molecule has 0 bridgehead atoms. The van der Waals surface area contributed by atoms with Crippen molar-refractivity contribution in [2.45, 2.75) is 49.9 Å². The first-order valence-corrected chi connectivity index (χ1v) is 14.8. The van der Waals surface area contributed by atoms with Crippen molar-refractivity contribution in [1.29, 1.82) is 0 Å². The number of hydrogen-bond acceptors (Lipinski definition) is 5. The molecule has 0 aliphatic carbocycles. The van der Waals surface area contributed by atoms with E-state index in [1.54, 1.807) is 24.3 Å². The van der Waals surface area contributed by atoms with Gasteiger partial charge in [0.1, 0.15) is 18.1 Å². The van der Waals surface area contributed by atoms with Gasteiger partial charge in [-0.15, -0.1) is 0 Å². The highest BCUT2D eigenvalue weighted by atomic mass is 16.4. The summed E-state index contributed by atoms with van der Waals surface area (Å²) in [6.45, 7) is 0. The van der Waals surface area contributed by atoms with Gasteiger partial charge in [-0.25, -0.2) is 4.79 Å². The highest BCUT2D eigenvalue weighted by Gasteiger charge is 2.31. The Morgan fingerprint density at radius 2 is 0.756 bits per heavy atom. The molecular formula is C36H38N4O5. The lowest BCUT2D eigenvalue weighted by Gasteiger charge is -2.25. The molecule has 4 aromatic rings. The fraction of sp³-hybridized carbons (Fsp3) is 0.222. The third-order valence-corrected chi connectivity index (χ3v) is 7.36. The Kier molecular flexibility index (Phi) is 12.0. The molecule has 9 nitrogen and oxygen atoms in total. The van der Waals surface area contributed by atoms with Gasteiger partial charge >= 0.3 is 5.97 Å². The second-order valence-corrected chi connectivity index (χ2v) is 10.9. The molecule has 0 unspecified atom stereocenters. The quantitative estimate of drug-likeness (QED) is 0.140. The Morgan fingerprint density at radius 1 is 0.467 bits per heavy atom. The summed E-state index contributed by atoms with van der Waals surface area (Å²) in [5.74, 6) is -2.95. The molecule has 0 aliphatic heterocycles. The lowest BCUT2D eigenvalue weighted by Crippen LogP contribution is -2.58. The van der Waals surface area contributed by atoms with E-state index >= 15 is 0 Å². The van der Waals surface area contributed by atoms with E-state index in [1.807, 2.05) is 97.1 Å². The van der Waals surface area contributed by atoms with Gasteiger partial charge in [-0.05, 0) is 28.7 Å². The molecule has 0 aliphatic rings. The van der Waals surface area contributed by atoms with Crippen LogP contribution in [-0.4, -0.2) is 53.0 Å². The van der Waals surface area contributed by atoms with Gasteiger partial charge in [0.2, 0.25) is 17.7 Å². The van der Waals surface area contributed by atoms with Crippen LogP contribution < -0.4 is 21.7 Å². The number of amides is 3. The summed E-state index contributed by atoms with van der Waals surface area (Å²) in [6.07, 6.45) is 0.612. The molecule has 6 N–H and O–H groups in total. The van der Waals surface area contributed by atoms with Crippen LogP contribution in [0.4, 0.5) is 0 Å². The molecule has 45 heavy (non-hydrogen) atoms. The van der Waals surface area contributed by atoms with E-state index in [0.29, 0.717) is 0 Å². The SMILES string of the molecule is N[C@@H](Cc1ccccc1)C(=O)N[C@@H](Cc1ccccc1)C(=O)N[C@@H](Cc1ccccc1)C(=O)N[C@@H](Cc1ccccc1)C(=O)O. The standard InChI is InChI=1S/C36H38N4O5/c37-29(21-25-13-5-1-6-14-25)33(41)38-30(22-26-15-7-2-8-16-26)34(42)39-31(23-27-17-9-3-10-18-27)35(43)40-32(36(44)45)24-28-19-11-4-12-20-28/h1-20,29-32H,21-24,37H2,(H,38,41)(H,39,42)(H,40,43)(H,44,45)/t29-,30-,31-,32-/m0/s1. The normalized spacial score (nSPS) is 13.4. The molecule has 4 atom stereocenters. The van der Waals surface area contributed by atoms with Gasteiger partial charge in [0.05, 0.1) is 6.04 Å². The minimum Gasteiger partial charge on any atom is -0.480 e. The van der Waals surface area contributed by atoms with Gasteiger partial charge < -0.3 is 26.8 Å². The zero-order valence-electron chi connectivity index (χ0n) is 24.8. The maximum absolute atomic E-state index is 13.8. The maximum Gasteiger partial charge on any atom is 0.326 e. The van der Waals surface area contributed by atoms with E-state index < -0.39 is 47.9 Å². The molecule has 0 heterocycles. The molecule has 0 radical (unpaired) electrons. The summed E-state index contributed by atoms with van der Waals surface area (Å²) < 4.78 is 0. The Balaban J connectivity index is 1.53. The van der Waals surface area contributed by atoms with E-state index in [4.69, 9.17) is 5.73 Å².